The molecule has 0 bridgehead atoms. The second kappa shape index (κ2) is 65.8. The molecule has 0 aliphatic rings. The first-order valence-corrected chi connectivity index (χ1v) is 37.1. The molecule has 0 rings (SSSR count). The number of hydrogen-bond donors (Lipinski definition) is 1. The van der Waals surface area contributed by atoms with Crippen LogP contribution in [0.4, 0.5) is 0 Å². The number of unbranched alkanes of at least 4 members (excludes halogenated alkanes) is 25. The normalized spacial score (nSPS) is 14.4. The van der Waals surface area contributed by atoms with Gasteiger partial charge in [-0.1, -0.05) is 289 Å². The van der Waals surface area contributed by atoms with E-state index in [1.165, 1.54) is 83.5 Å². The van der Waals surface area contributed by atoms with E-state index >= 15 is 0 Å². The summed E-state index contributed by atoms with van der Waals surface area (Å²) < 4.78 is 30.4. The first-order valence-electron chi connectivity index (χ1n) is 35.6. The van der Waals surface area contributed by atoms with Gasteiger partial charge in [0.15, 0.2) is 0 Å². The quantitative estimate of drug-likeness (QED) is 0.0212. The number of ether oxygens (including phenoxy) is 1. The summed E-state index contributed by atoms with van der Waals surface area (Å²) in [5.74, 6) is -0.571. The summed E-state index contributed by atoms with van der Waals surface area (Å²) >= 11 is 0. The van der Waals surface area contributed by atoms with Gasteiger partial charge in [-0.3, -0.25) is 14.2 Å². The number of carbonyl (C=O) groups excluding carboxylic acids is 2. The zero-order valence-electron chi connectivity index (χ0n) is 57.4. The predicted octanol–water partition coefficient (Wildman–Crippen LogP) is 22.3. The maximum absolute atomic E-state index is 13.6. The van der Waals surface area contributed by atoms with E-state index in [-0.39, 0.29) is 24.9 Å². The van der Waals surface area contributed by atoms with E-state index in [9.17, 15) is 19.0 Å². The number of phosphoric acid groups is 1. The molecule has 1 amide bonds. The van der Waals surface area contributed by atoms with Gasteiger partial charge in [-0.2, -0.15) is 0 Å². The third-order valence-electron chi connectivity index (χ3n) is 15.0. The van der Waals surface area contributed by atoms with Crippen molar-refractivity contribution in [2.24, 2.45) is 0 Å². The summed E-state index contributed by atoms with van der Waals surface area (Å²) in [5.41, 5.74) is 0. The number of hydrogen-bond acceptors (Lipinski definition) is 7. The molecule has 3 unspecified atom stereocenters. The molecule has 0 radical (unpaired) electrons. The maximum Gasteiger partial charge on any atom is 0.306 e. The molecule has 0 aliphatic heterocycles. The number of esters is 1. The van der Waals surface area contributed by atoms with E-state index in [1.807, 2.05) is 33.3 Å². The molecule has 88 heavy (non-hydrogen) atoms. The molecule has 10 heteroatoms. The highest BCUT2D eigenvalue weighted by Crippen LogP contribution is 2.38. The van der Waals surface area contributed by atoms with Gasteiger partial charge in [0.25, 0.3) is 7.82 Å². The molecule has 0 aromatic rings. The average molecular weight is 1240 g/mol. The van der Waals surface area contributed by atoms with Crippen molar-refractivity contribution < 1.29 is 37.3 Å². The highest BCUT2D eigenvalue weighted by Gasteiger charge is 2.27. The second-order valence-electron chi connectivity index (χ2n) is 24.6. The van der Waals surface area contributed by atoms with Gasteiger partial charge in [0.1, 0.15) is 19.3 Å². The van der Waals surface area contributed by atoms with Crippen molar-refractivity contribution in [1.82, 2.24) is 5.32 Å². The predicted molar refractivity (Wildman–Crippen MR) is 380 cm³/mol. The Hall–Kier alpha value is -4.11. The number of rotatable bonds is 63. The van der Waals surface area contributed by atoms with Gasteiger partial charge in [0, 0.05) is 12.8 Å². The van der Waals surface area contributed by atoms with Gasteiger partial charge in [-0.25, -0.2) is 0 Å². The lowest BCUT2D eigenvalue weighted by molar-refractivity contribution is -0.870. The zero-order valence-corrected chi connectivity index (χ0v) is 58.3. The molecular formula is C78H133N2O7P. The molecule has 0 spiro atoms. The third-order valence-corrected chi connectivity index (χ3v) is 16.0. The van der Waals surface area contributed by atoms with E-state index in [0.717, 1.165) is 161 Å². The van der Waals surface area contributed by atoms with E-state index in [4.69, 9.17) is 13.8 Å². The Kier molecular flexibility index (Phi) is 62.8. The molecule has 1 N–H and O–H groups in total. The zero-order chi connectivity index (χ0) is 64.2. The summed E-state index contributed by atoms with van der Waals surface area (Å²) in [6, 6.07) is -0.910. The van der Waals surface area contributed by atoms with Crippen LogP contribution in [0.2, 0.25) is 0 Å². The lowest BCUT2D eigenvalue weighted by Crippen LogP contribution is -2.47. The first-order chi connectivity index (χ1) is 42.9. The van der Waals surface area contributed by atoms with Crippen LogP contribution < -0.4 is 10.2 Å². The van der Waals surface area contributed by atoms with Crippen molar-refractivity contribution in [3.05, 3.63) is 146 Å². The smallest absolute Gasteiger partial charge is 0.306 e. The molecule has 0 heterocycles. The number of phosphoric ester groups is 1. The monoisotopic (exact) mass is 1240 g/mol. The summed E-state index contributed by atoms with van der Waals surface area (Å²) in [4.78, 5) is 40.2. The lowest BCUT2D eigenvalue weighted by atomic mass is 10.0. The number of nitrogens with zero attached hydrogens (tertiary/aromatic N) is 1. The molecule has 0 saturated carbocycles. The average Bonchev–Trinajstić information content (AvgIpc) is 3.52. The Balaban J connectivity index is 5.14. The lowest BCUT2D eigenvalue weighted by Gasteiger charge is -2.30. The molecule has 9 nitrogen and oxygen atoms in total. The van der Waals surface area contributed by atoms with Crippen molar-refractivity contribution in [3.8, 4) is 0 Å². The number of quaternary nitrogens is 1. The Morgan fingerprint density at radius 2 is 0.727 bits per heavy atom. The van der Waals surface area contributed by atoms with Crippen LogP contribution in [0, 0.1) is 0 Å². The van der Waals surface area contributed by atoms with E-state index < -0.39 is 26.6 Å². The Morgan fingerprint density at radius 1 is 0.409 bits per heavy atom. The fourth-order valence-electron chi connectivity index (χ4n) is 9.61. The summed E-state index contributed by atoms with van der Waals surface area (Å²) in [6.45, 7) is 6.60. The van der Waals surface area contributed by atoms with Gasteiger partial charge in [0.2, 0.25) is 5.91 Å². The van der Waals surface area contributed by atoms with Gasteiger partial charge < -0.3 is 28.5 Å². The Morgan fingerprint density at radius 3 is 1.09 bits per heavy atom. The molecular weight excluding hydrogens is 1110 g/mol. The van der Waals surface area contributed by atoms with Crippen LogP contribution in [0.15, 0.2) is 146 Å². The molecule has 0 aromatic carbocycles. The number of likely N-dealkylation sites (N-methyl/N-ethyl adjacent to an activating group) is 1. The number of nitrogens with one attached hydrogen (secondary N) is 1. The first kappa shape index (κ1) is 83.9. The molecule has 0 aromatic heterocycles. The number of carbonyl (C=O) groups is 2. The summed E-state index contributed by atoms with van der Waals surface area (Å²) in [7, 11) is 1.15. The molecule has 0 saturated heterocycles. The van der Waals surface area contributed by atoms with Crippen LogP contribution in [0.25, 0.3) is 0 Å². The van der Waals surface area contributed by atoms with Gasteiger partial charge >= 0.3 is 5.97 Å². The Labute approximate surface area is 542 Å². The van der Waals surface area contributed by atoms with Crippen molar-refractivity contribution in [3.63, 3.8) is 0 Å². The largest absolute Gasteiger partial charge is 0.756 e. The van der Waals surface area contributed by atoms with Gasteiger partial charge in [-0.15, -0.1) is 0 Å². The van der Waals surface area contributed by atoms with Crippen LogP contribution in [-0.2, 0) is 27.9 Å². The molecule has 3 atom stereocenters. The standard InChI is InChI=1S/C78H133N2O7P/c1-7-10-13-16-19-22-25-28-30-32-34-36-38-40-42-44-46-48-50-52-55-58-61-64-67-70-77(81)79-75(74-86-88(83,84)85-73-72-80(4,5)6)76(69-66-63-60-57-54-27-24-21-18-15-12-9-3)87-78(82)71-68-65-62-59-56-53-51-49-47-45-43-41-39-37-35-33-31-29-26-23-20-17-14-11-8-2/h10-11,13-14,19-20,22-23,28-31,34-37,40-43,47,49,66,69,75-76H,7-9,12,15-18,21,24-27,32-33,38-39,44-46,48,50-65,67-68,70-74H2,1-6H3,(H-,79,81,83,84)/b13-10-,14-11-,22-19-,23-20-,30-28-,31-29-,36-34-,37-35-,42-40-,43-41-,49-47-,69-66+. The SMILES string of the molecule is CC/C=C\C/C=C\C/C=C\C/C=C\C/C=C\C/C=C\CCCCCCCCC(=O)OC(/C=C/CCCCCCCCCCCC)C(COP(=O)([O-])OCC[N+](C)(C)C)NC(=O)CCCCCCCCCCC/C=C\C/C=C\C/C=C\C/C=C\C/C=C\CC. The van der Waals surface area contributed by atoms with E-state index in [2.05, 4.69) is 160 Å². The minimum Gasteiger partial charge on any atom is -0.756 e. The van der Waals surface area contributed by atoms with E-state index in [1.54, 1.807) is 0 Å². The van der Waals surface area contributed by atoms with Crippen LogP contribution in [0.1, 0.15) is 284 Å². The van der Waals surface area contributed by atoms with Crippen molar-refractivity contribution in [2.45, 2.75) is 296 Å². The fourth-order valence-corrected chi connectivity index (χ4v) is 10.3. The highest BCUT2D eigenvalue weighted by molar-refractivity contribution is 7.45. The maximum atomic E-state index is 13.6. The van der Waals surface area contributed by atoms with Crippen LogP contribution in [-0.4, -0.2) is 69.4 Å². The molecule has 502 valence electrons. The highest BCUT2D eigenvalue weighted by atomic mass is 31.2. The van der Waals surface area contributed by atoms with Crippen LogP contribution in [0.3, 0.4) is 0 Å². The van der Waals surface area contributed by atoms with Gasteiger partial charge in [-0.05, 0) is 128 Å². The molecule has 0 aliphatic carbocycles. The minimum absolute atomic E-state index is 0.0340. The number of allylic oxidation sites excluding steroid dienone is 23. The topological polar surface area (TPSA) is 114 Å². The van der Waals surface area contributed by atoms with E-state index in [0.29, 0.717) is 23.9 Å². The van der Waals surface area contributed by atoms with Crippen molar-refractivity contribution in [2.75, 3.05) is 40.9 Å². The third kappa shape index (κ3) is 66.3. The molecule has 0 fully saturated rings. The van der Waals surface area contributed by atoms with Crippen LogP contribution >= 0.6 is 7.82 Å². The van der Waals surface area contributed by atoms with Crippen molar-refractivity contribution >= 4 is 19.7 Å². The minimum atomic E-state index is -4.72. The van der Waals surface area contributed by atoms with Crippen LogP contribution in [0.5, 0.6) is 0 Å². The summed E-state index contributed by atoms with van der Waals surface area (Å²) in [6.07, 6.45) is 95.3. The number of amides is 1. The Bertz CT molecular complexity index is 2020. The fraction of sp³-hybridized carbons (Fsp3) is 0.667. The van der Waals surface area contributed by atoms with Gasteiger partial charge in [0.05, 0.1) is 33.8 Å². The van der Waals surface area contributed by atoms with Crippen molar-refractivity contribution in [1.29, 1.82) is 0 Å². The second-order valence-corrected chi connectivity index (χ2v) is 26.0. The summed E-state index contributed by atoms with van der Waals surface area (Å²) in [5, 5.41) is 3.03.